The SMILES string of the molecule is C[C@@H]1O[C@@H](O[C@H]2[C@H](O[C@H]3CC[C@]4(C)[C@H]5CC=C6[C@@H]7CC(C)(C)CC[C@]7(C(=O)O[C@@H]7O[C@H](CO[C@@H]8O[C@H](CO)[C@@H](O)[C@H](O)[C@H]8O)[C@@H](O)[C@H](O)[C@H]7O)CC[C@@]6(C)[C@]5(C)CC[C@H]4[C@]3(C)C=O)OC[C@H](O)[C@@H]2O)[C@H](O)[C@H](O[C@@H]2O[C@H](CO)[C@@H](O)[C@H](O)[C@H]2O)[C@H]1O. The smallest absolute Gasteiger partial charge is 0.315 e. The molecule has 492 valence electrons. The van der Waals surface area contributed by atoms with E-state index in [-0.39, 0.29) is 35.2 Å². The fourth-order valence-corrected chi connectivity index (χ4v) is 17.4. The molecule has 86 heavy (non-hydrogen) atoms. The Bertz CT molecular complexity index is 2420. The molecule has 33 atom stereocenters. The first kappa shape index (κ1) is 66.8. The van der Waals surface area contributed by atoms with E-state index in [0.717, 1.165) is 11.9 Å². The van der Waals surface area contributed by atoms with Crippen molar-refractivity contribution in [3.8, 4) is 0 Å². The highest BCUT2D eigenvalue weighted by molar-refractivity contribution is 5.79. The molecule has 5 aliphatic heterocycles. The fraction of sp³-hybridized carbons (Fsp3) is 0.932. The van der Waals surface area contributed by atoms with Crippen LogP contribution in [0.5, 0.6) is 0 Å². The predicted molar refractivity (Wildman–Crippen MR) is 288 cm³/mol. The first-order chi connectivity index (χ1) is 40.4. The lowest BCUT2D eigenvalue weighted by atomic mass is 9.33. The zero-order valence-corrected chi connectivity index (χ0v) is 49.8. The van der Waals surface area contributed by atoms with E-state index in [2.05, 4.69) is 40.7 Å². The van der Waals surface area contributed by atoms with Gasteiger partial charge in [0.15, 0.2) is 25.2 Å². The molecule has 10 rings (SSSR count). The molecule has 0 bridgehead atoms. The van der Waals surface area contributed by atoms with Gasteiger partial charge in [0.2, 0.25) is 6.29 Å². The lowest BCUT2D eigenvalue weighted by Gasteiger charge is -2.71. The summed E-state index contributed by atoms with van der Waals surface area (Å²) in [6, 6.07) is 0. The van der Waals surface area contributed by atoms with Crippen molar-refractivity contribution in [2.45, 2.75) is 266 Å². The van der Waals surface area contributed by atoms with Crippen LogP contribution in [0.1, 0.15) is 113 Å². The normalized spacial score (nSPS) is 54.7. The highest BCUT2D eigenvalue weighted by atomic mass is 16.8. The maximum absolute atomic E-state index is 15.1. The Morgan fingerprint density at radius 2 is 1.15 bits per heavy atom. The van der Waals surface area contributed by atoms with Crippen LogP contribution in [-0.4, -0.2) is 269 Å². The van der Waals surface area contributed by atoms with Crippen molar-refractivity contribution in [3.63, 3.8) is 0 Å². The quantitative estimate of drug-likeness (QED) is 0.0349. The number of aldehydes is 1. The van der Waals surface area contributed by atoms with Gasteiger partial charge in [0.05, 0.1) is 49.5 Å². The Balaban J connectivity index is 0.850. The summed E-state index contributed by atoms with van der Waals surface area (Å²) >= 11 is 0. The van der Waals surface area contributed by atoms with Gasteiger partial charge < -0.3 is 129 Å². The molecule has 4 saturated carbocycles. The number of fused-ring (bicyclic) bond motifs is 7. The third-order valence-corrected chi connectivity index (χ3v) is 23.1. The van der Waals surface area contributed by atoms with Crippen LogP contribution in [0.2, 0.25) is 0 Å². The highest BCUT2D eigenvalue weighted by Crippen LogP contribution is 2.76. The Morgan fingerprint density at radius 1 is 0.581 bits per heavy atom. The van der Waals surface area contributed by atoms with Crippen molar-refractivity contribution < 1.29 is 134 Å². The number of hydrogen-bond acceptors (Lipinski definition) is 27. The van der Waals surface area contributed by atoms with Crippen LogP contribution in [0.3, 0.4) is 0 Å². The molecule has 0 unspecified atom stereocenters. The van der Waals surface area contributed by atoms with Crippen LogP contribution in [0, 0.1) is 50.2 Å². The molecule has 27 nitrogen and oxygen atoms in total. The molecular formula is C59H94O27. The molecule has 5 saturated heterocycles. The Hall–Kier alpha value is -2.08. The van der Waals surface area contributed by atoms with E-state index in [1.54, 1.807) is 0 Å². The largest absolute Gasteiger partial charge is 0.432 e. The second-order valence-corrected chi connectivity index (χ2v) is 28.3. The van der Waals surface area contributed by atoms with Gasteiger partial charge in [0.1, 0.15) is 116 Å². The number of carbonyl (C=O) groups excluding carboxylic acids is 2. The first-order valence-corrected chi connectivity index (χ1v) is 30.6. The summed E-state index contributed by atoms with van der Waals surface area (Å²) in [4.78, 5) is 29.1. The second kappa shape index (κ2) is 24.8. The lowest BCUT2D eigenvalue weighted by molar-refractivity contribution is -0.382. The molecule has 27 heteroatoms. The Kier molecular flexibility index (Phi) is 19.2. The van der Waals surface area contributed by atoms with Crippen LogP contribution >= 0.6 is 0 Å². The third-order valence-electron chi connectivity index (χ3n) is 23.1. The summed E-state index contributed by atoms with van der Waals surface area (Å²) in [5, 5.41) is 161. The summed E-state index contributed by atoms with van der Waals surface area (Å²) in [6.07, 6.45) is -31.2. The van der Waals surface area contributed by atoms with Gasteiger partial charge in [-0.15, -0.1) is 0 Å². The molecule has 5 aliphatic carbocycles. The van der Waals surface area contributed by atoms with E-state index in [4.69, 9.17) is 47.4 Å². The summed E-state index contributed by atoms with van der Waals surface area (Å²) < 4.78 is 59.3. The monoisotopic (exact) mass is 1230 g/mol. The van der Waals surface area contributed by atoms with Gasteiger partial charge in [-0.05, 0) is 111 Å². The van der Waals surface area contributed by atoms with E-state index in [0.29, 0.717) is 64.2 Å². The molecule has 0 aromatic carbocycles. The zero-order valence-electron chi connectivity index (χ0n) is 49.8. The molecule has 0 spiro atoms. The van der Waals surface area contributed by atoms with Gasteiger partial charge in [-0.25, -0.2) is 0 Å². The first-order valence-electron chi connectivity index (χ1n) is 30.6. The molecular weight excluding hydrogens is 1140 g/mol. The molecule has 10 aliphatic rings. The number of carbonyl (C=O) groups is 2. The van der Waals surface area contributed by atoms with E-state index in [1.165, 1.54) is 6.92 Å². The molecule has 9 fully saturated rings. The standard InChI is InChI=1S/C59H94O27/c1-24-34(64)46(84-49-43(73)40(70)37(67)29(20-61)81-49)45(75)51(79-24)85-47-35(65)27(63)21-77-52(47)83-33-11-12-55(4)31(56(33,5)23-62)10-13-58(7)32(55)9-8-25-26-18-54(2,3)14-16-59(26,17-15-57(25,58)6)53(76)86-50-44(74)41(71)38(68)30(82-50)22-78-48-42(72)39(69)36(66)28(19-60)80-48/h8,23-24,26-52,60-61,63-75H,9-22H2,1-7H3/t24-,26-,27-,28+,29+,30+,31+,32+,33-,34-,35-,36+,37+,38+,39-,40-,41-,42+,43+,44+,45+,46+,47+,48+,49-,50-,51-,52-,55-,56-,57+,58+,59-/m0/s1. The summed E-state index contributed by atoms with van der Waals surface area (Å²) in [6.45, 7) is 12.1. The molecule has 0 radical (unpaired) electrons. The van der Waals surface area contributed by atoms with Crippen molar-refractivity contribution >= 4 is 12.3 Å². The number of esters is 1. The van der Waals surface area contributed by atoms with Crippen molar-refractivity contribution in [1.82, 2.24) is 0 Å². The van der Waals surface area contributed by atoms with Crippen LogP contribution in [0.4, 0.5) is 0 Å². The molecule has 0 aromatic heterocycles. The minimum atomic E-state index is -1.88. The molecule has 5 heterocycles. The average Bonchev–Trinajstić information content (AvgIpc) is 0.696. The number of allylic oxidation sites excluding steroid dienone is 2. The highest BCUT2D eigenvalue weighted by Gasteiger charge is 2.71. The second-order valence-electron chi connectivity index (χ2n) is 28.3. The zero-order chi connectivity index (χ0) is 62.7. The van der Waals surface area contributed by atoms with Gasteiger partial charge in [-0.2, -0.15) is 0 Å². The third kappa shape index (κ3) is 11.1. The number of ether oxygens (including phenoxy) is 10. The molecule has 0 amide bonds. The topological polar surface area (TPSA) is 430 Å². The van der Waals surface area contributed by atoms with Gasteiger partial charge >= 0.3 is 5.97 Å². The van der Waals surface area contributed by atoms with Crippen molar-refractivity contribution in [3.05, 3.63) is 11.6 Å². The predicted octanol–water partition coefficient (Wildman–Crippen LogP) is -3.37. The van der Waals surface area contributed by atoms with Crippen LogP contribution in [-0.2, 0) is 57.0 Å². The van der Waals surface area contributed by atoms with Gasteiger partial charge in [0.25, 0.3) is 0 Å². The van der Waals surface area contributed by atoms with E-state index >= 15 is 4.79 Å². The van der Waals surface area contributed by atoms with E-state index < -0.39 is 201 Å². The van der Waals surface area contributed by atoms with Crippen molar-refractivity contribution in [2.24, 2.45) is 50.2 Å². The fourth-order valence-electron chi connectivity index (χ4n) is 17.4. The number of rotatable bonds is 14. The lowest BCUT2D eigenvalue weighted by Crippen LogP contribution is -2.67. The number of aliphatic hydroxyl groups excluding tert-OH is 15. The van der Waals surface area contributed by atoms with Gasteiger partial charge in [0, 0.05) is 0 Å². The van der Waals surface area contributed by atoms with Gasteiger partial charge in [-0.1, -0.05) is 53.2 Å². The minimum Gasteiger partial charge on any atom is -0.432 e. The summed E-state index contributed by atoms with van der Waals surface area (Å²) in [5.41, 5.74) is -2.49. The maximum Gasteiger partial charge on any atom is 0.315 e. The summed E-state index contributed by atoms with van der Waals surface area (Å²) in [7, 11) is 0. The van der Waals surface area contributed by atoms with Crippen molar-refractivity contribution in [2.75, 3.05) is 26.4 Å². The van der Waals surface area contributed by atoms with Crippen molar-refractivity contribution in [1.29, 1.82) is 0 Å². The van der Waals surface area contributed by atoms with E-state index in [1.807, 2.05) is 6.92 Å². The Morgan fingerprint density at radius 3 is 1.79 bits per heavy atom. The summed E-state index contributed by atoms with van der Waals surface area (Å²) in [5.74, 6) is -1.12. The molecule has 0 aromatic rings. The van der Waals surface area contributed by atoms with E-state index in [9.17, 15) is 81.4 Å². The number of aliphatic hydroxyl groups is 15. The Labute approximate surface area is 499 Å². The van der Waals surface area contributed by atoms with Crippen LogP contribution in [0.25, 0.3) is 0 Å². The van der Waals surface area contributed by atoms with Crippen LogP contribution in [0.15, 0.2) is 11.6 Å². The average molecular weight is 1240 g/mol. The number of hydrogen-bond donors (Lipinski definition) is 15. The van der Waals surface area contributed by atoms with Crippen LogP contribution < -0.4 is 0 Å². The maximum atomic E-state index is 15.1. The molecule has 15 N–H and O–H groups in total. The minimum absolute atomic E-state index is 0.0408. The van der Waals surface area contributed by atoms with Gasteiger partial charge in [-0.3, -0.25) is 4.79 Å².